The highest BCUT2D eigenvalue weighted by molar-refractivity contribution is 5.88. The summed E-state index contributed by atoms with van der Waals surface area (Å²) in [4.78, 5) is 21.9. The first kappa shape index (κ1) is 18.3. The van der Waals surface area contributed by atoms with Crippen molar-refractivity contribution in [3.05, 3.63) is 71.3 Å². The number of anilines is 1. The summed E-state index contributed by atoms with van der Waals surface area (Å²) in [6.45, 7) is 0.601. The minimum atomic E-state index is -0.796. The Bertz CT molecular complexity index is 768. The number of aryl methyl sites for hydroxylation is 1. The van der Waals surface area contributed by atoms with E-state index in [-0.39, 0.29) is 6.42 Å². The first-order valence-corrected chi connectivity index (χ1v) is 7.97. The summed E-state index contributed by atoms with van der Waals surface area (Å²) in [5.74, 6) is -1.20. The summed E-state index contributed by atoms with van der Waals surface area (Å²) in [6.07, 6.45) is 3.73. The highest BCUT2D eigenvalue weighted by Gasteiger charge is 2.03. The Morgan fingerprint density at radius 2 is 1.88 bits per heavy atom. The molecule has 0 aromatic heterocycles. The van der Waals surface area contributed by atoms with Gasteiger partial charge < -0.3 is 15.2 Å². The van der Waals surface area contributed by atoms with Crippen LogP contribution in [0.2, 0.25) is 0 Å². The molecule has 0 saturated carbocycles. The molecule has 0 bridgehead atoms. The molecule has 25 heavy (non-hydrogen) atoms. The van der Waals surface area contributed by atoms with Crippen molar-refractivity contribution >= 4 is 23.7 Å². The number of carboxylic acid groups (broad SMARTS) is 1. The molecule has 0 fully saturated rings. The predicted octanol–water partition coefficient (Wildman–Crippen LogP) is 3.50. The number of esters is 1. The summed E-state index contributed by atoms with van der Waals surface area (Å²) >= 11 is 0. The number of methoxy groups -OCH3 is 1. The number of carbonyl (C=O) groups is 2. The minimum Gasteiger partial charge on any atom is -0.481 e. The van der Waals surface area contributed by atoms with Gasteiger partial charge in [-0.15, -0.1) is 0 Å². The second kappa shape index (κ2) is 9.27. The normalized spacial score (nSPS) is 10.6. The first-order chi connectivity index (χ1) is 12.1. The van der Waals surface area contributed by atoms with Crippen molar-refractivity contribution < 1.29 is 19.4 Å². The first-order valence-electron chi connectivity index (χ1n) is 7.97. The van der Waals surface area contributed by atoms with Crippen molar-refractivity contribution in [1.82, 2.24) is 0 Å². The van der Waals surface area contributed by atoms with Gasteiger partial charge in [0, 0.05) is 24.7 Å². The Hall–Kier alpha value is -3.08. The molecule has 130 valence electrons. The smallest absolute Gasteiger partial charge is 0.330 e. The van der Waals surface area contributed by atoms with Crippen molar-refractivity contribution in [2.75, 3.05) is 12.4 Å². The van der Waals surface area contributed by atoms with Crippen LogP contribution in [0.15, 0.2) is 54.6 Å². The maximum atomic E-state index is 11.3. The van der Waals surface area contributed by atoms with Gasteiger partial charge in [0.2, 0.25) is 0 Å². The number of carboxylic acids is 1. The second-order valence-electron chi connectivity index (χ2n) is 5.51. The summed E-state index contributed by atoms with van der Waals surface area (Å²) in [5.41, 5.74) is 3.85. The van der Waals surface area contributed by atoms with Crippen LogP contribution < -0.4 is 5.32 Å². The fraction of sp³-hybridized carbons (Fsp3) is 0.200. The molecule has 0 radical (unpaired) electrons. The molecule has 5 heteroatoms. The monoisotopic (exact) mass is 339 g/mol. The molecule has 5 nitrogen and oxygen atoms in total. The molecule has 0 unspecified atom stereocenters. The third-order valence-electron chi connectivity index (χ3n) is 3.66. The molecular formula is C20H21NO4. The van der Waals surface area contributed by atoms with Gasteiger partial charge in [0.25, 0.3) is 0 Å². The summed E-state index contributed by atoms with van der Waals surface area (Å²) < 4.78 is 4.61. The quantitative estimate of drug-likeness (QED) is 0.569. The van der Waals surface area contributed by atoms with E-state index in [1.54, 1.807) is 6.08 Å². The van der Waals surface area contributed by atoms with Crippen LogP contribution in [-0.4, -0.2) is 24.2 Å². The van der Waals surface area contributed by atoms with Crippen LogP contribution in [0.5, 0.6) is 0 Å². The van der Waals surface area contributed by atoms with E-state index in [2.05, 4.69) is 10.1 Å². The molecule has 0 aliphatic rings. The Morgan fingerprint density at radius 3 is 2.64 bits per heavy atom. The van der Waals surface area contributed by atoms with Crippen LogP contribution in [0.3, 0.4) is 0 Å². The van der Waals surface area contributed by atoms with Crippen LogP contribution >= 0.6 is 0 Å². The summed E-state index contributed by atoms with van der Waals surface area (Å²) in [7, 11) is 1.34. The number of para-hydroxylation sites is 1. The van der Waals surface area contributed by atoms with Gasteiger partial charge >= 0.3 is 11.9 Å². The van der Waals surface area contributed by atoms with Gasteiger partial charge in [0.1, 0.15) is 0 Å². The fourth-order valence-corrected chi connectivity index (χ4v) is 2.37. The van der Waals surface area contributed by atoms with Gasteiger partial charge in [-0.25, -0.2) is 4.79 Å². The van der Waals surface area contributed by atoms with E-state index >= 15 is 0 Å². The topological polar surface area (TPSA) is 75.6 Å². The van der Waals surface area contributed by atoms with E-state index in [1.807, 2.05) is 48.5 Å². The Balaban J connectivity index is 2.04. The van der Waals surface area contributed by atoms with E-state index in [9.17, 15) is 9.59 Å². The molecule has 0 amide bonds. The average molecular weight is 339 g/mol. The molecular weight excluding hydrogens is 318 g/mol. The van der Waals surface area contributed by atoms with E-state index in [4.69, 9.17) is 5.11 Å². The largest absolute Gasteiger partial charge is 0.481 e. The average Bonchev–Trinajstić information content (AvgIpc) is 2.63. The van der Waals surface area contributed by atoms with Gasteiger partial charge in [-0.05, 0) is 35.3 Å². The molecule has 2 N–H and O–H groups in total. The molecule has 2 rings (SSSR count). The molecule has 0 aliphatic heterocycles. The van der Waals surface area contributed by atoms with Gasteiger partial charge in [-0.2, -0.15) is 0 Å². The van der Waals surface area contributed by atoms with E-state index < -0.39 is 11.9 Å². The third kappa shape index (κ3) is 6.14. The van der Waals surface area contributed by atoms with E-state index in [0.717, 1.165) is 22.4 Å². The van der Waals surface area contributed by atoms with Crippen LogP contribution in [0.1, 0.15) is 23.1 Å². The molecule has 0 aliphatic carbocycles. The molecule has 0 saturated heterocycles. The number of ether oxygens (including phenoxy) is 1. The number of rotatable bonds is 8. The molecule has 2 aromatic carbocycles. The van der Waals surface area contributed by atoms with Crippen LogP contribution in [0, 0.1) is 0 Å². The Labute approximate surface area is 146 Å². The fourth-order valence-electron chi connectivity index (χ4n) is 2.37. The zero-order valence-electron chi connectivity index (χ0n) is 14.1. The number of aliphatic carboxylic acids is 1. The van der Waals surface area contributed by atoms with Crippen LogP contribution in [0.25, 0.3) is 6.08 Å². The number of nitrogens with one attached hydrogen (secondary N) is 1. The number of carbonyl (C=O) groups excluding carboxylic acids is 1. The highest BCUT2D eigenvalue weighted by Crippen LogP contribution is 2.18. The lowest BCUT2D eigenvalue weighted by Crippen LogP contribution is -2.02. The van der Waals surface area contributed by atoms with E-state index in [1.165, 1.54) is 13.2 Å². The predicted molar refractivity (Wildman–Crippen MR) is 97.2 cm³/mol. The van der Waals surface area contributed by atoms with Crippen molar-refractivity contribution in [2.45, 2.75) is 19.4 Å². The van der Waals surface area contributed by atoms with Gasteiger partial charge in [-0.3, -0.25) is 4.79 Å². The standard InChI is InChI=1S/C20H21NO4/c1-25-20(24)12-10-17-7-2-3-8-18(17)21-14-16-6-4-5-15(13-16)9-11-19(22)23/h2-8,10,12-13,21H,9,11,14H2,1H3,(H,22,23). The zero-order chi connectivity index (χ0) is 18.1. The third-order valence-corrected chi connectivity index (χ3v) is 3.66. The molecule has 0 heterocycles. The van der Waals surface area contributed by atoms with Gasteiger partial charge in [0.05, 0.1) is 7.11 Å². The maximum absolute atomic E-state index is 11.3. The summed E-state index contributed by atoms with van der Waals surface area (Å²) in [6, 6.07) is 15.5. The lowest BCUT2D eigenvalue weighted by molar-refractivity contribution is -0.137. The number of hydrogen-bond donors (Lipinski definition) is 2. The zero-order valence-corrected chi connectivity index (χ0v) is 14.1. The van der Waals surface area contributed by atoms with Gasteiger partial charge in [-0.1, -0.05) is 42.5 Å². The second-order valence-corrected chi connectivity index (χ2v) is 5.51. The number of hydrogen-bond acceptors (Lipinski definition) is 4. The maximum Gasteiger partial charge on any atom is 0.330 e. The van der Waals surface area contributed by atoms with Crippen molar-refractivity contribution in [3.63, 3.8) is 0 Å². The number of benzene rings is 2. The highest BCUT2D eigenvalue weighted by atomic mass is 16.5. The van der Waals surface area contributed by atoms with Crippen molar-refractivity contribution in [2.24, 2.45) is 0 Å². The molecule has 0 spiro atoms. The van der Waals surface area contributed by atoms with E-state index in [0.29, 0.717) is 13.0 Å². The SMILES string of the molecule is COC(=O)C=Cc1ccccc1NCc1cccc(CCC(=O)O)c1. The lowest BCUT2D eigenvalue weighted by Gasteiger charge is -2.11. The summed E-state index contributed by atoms with van der Waals surface area (Å²) in [5, 5.41) is 12.1. The Morgan fingerprint density at radius 1 is 1.12 bits per heavy atom. The van der Waals surface area contributed by atoms with Crippen LogP contribution in [-0.2, 0) is 27.3 Å². The van der Waals surface area contributed by atoms with Crippen LogP contribution in [0.4, 0.5) is 5.69 Å². The van der Waals surface area contributed by atoms with Crippen molar-refractivity contribution in [1.29, 1.82) is 0 Å². The van der Waals surface area contributed by atoms with Crippen molar-refractivity contribution in [3.8, 4) is 0 Å². The minimum absolute atomic E-state index is 0.123. The van der Waals surface area contributed by atoms with Gasteiger partial charge in [0.15, 0.2) is 0 Å². The molecule has 2 aromatic rings. The molecule has 0 atom stereocenters. The lowest BCUT2D eigenvalue weighted by atomic mass is 10.1. The Kier molecular flexibility index (Phi) is 6.77.